The quantitative estimate of drug-likeness (QED) is 0.672. The first-order valence-electron chi connectivity index (χ1n) is 8.09. The first-order valence-corrected chi connectivity index (χ1v) is 8.09. The van der Waals surface area contributed by atoms with E-state index < -0.39 is 5.56 Å². The van der Waals surface area contributed by atoms with Crippen LogP contribution < -0.4 is 10.3 Å². The monoisotopic (exact) mass is 343 g/mol. The van der Waals surface area contributed by atoms with Gasteiger partial charge < -0.3 is 4.74 Å². The summed E-state index contributed by atoms with van der Waals surface area (Å²) in [6.45, 7) is 3.52. The molecule has 0 amide bonds. The van der Waals surface area contributed by atoms with E-state index in [-0.39, 0.29) is 5.56 Å². The molecule has 5 heteroatoms. The second kappa shape index (κ2) is 7.49. The van der Waals surface area contributed by atoms with Gasteiger partial charge in [-0.3, -0.25) is 4.79 Å². The summed E-state index contributed by atoms with van der Waals surface area (Å²) < 4.78 is 7.03. The van der Waals surface area contributed by atoms with Crippen LogP contribution in [0.2, 0.25) is 0 Å². The first kappa shape index (κ1) is 17.2. The van der Waals surface area contributed by atoms with Crippen LogP contribution in [0.1, 0.15) is 22.4 Å². The average molecular weight is 343 g/mol. The molecule has 0 saturated heterocycles. The molecule has 26 heavy (non-hydrogen) atoms. The third-order valence-electron chi connectivity index (χ3n) is 3.83. The summed E-state index contributed by atoms with van der Waals surface area (Å²) in [5.74, 6) is 1.41. The molecule has 0 N–H and O–H groups in total. The fourth-order valence-electron chi connectivity index (χ4n) is 2.57. The Labute approximate surface area is 151 Å². The minimum absolute atomic E-state index is 0.105. The summed E-state index contributed by atoms with van der Waals surface area (Å²) in [4.78, 5) is 12.4. The minimum atomic E-state index is -0.419. The molecule has 2 aromatic carbocycles. The average Bonchev–Trinajstić information content (AvgIpc) is 2.63. The molecule has 0 aliphatic rings. The van der Waals surface area contributed by atoms with Crippen molar-refractivity contribution in [3.63, 3.8) is 0 Å². The van der Waals surface area contributed by atoms with Gasteiger partial charge in [0.2, 0.25) is 0 Å². The molecule has 0 atom stereocenters. The number of rotatable bonds is 4. The summed E-state index contributed by atoms with van der Waals surface area (Å²) in [6, 6.07) is 20.6. The third kappa shape index (κ3) is 3.70. The number of nitriles is 1. The number of hydrogen-bond donors (Lipinski definition) is 0. The number of para-hydroxylation sites is 1. The standard InChI is InChI=1S/C21H17N3O2/c1-15-11-16(2)24(21(25)20(15)13-22)23-14-17-7-6-10-19(12-17)26-18-8-4-3-5-9-18/h3-12,14H,1-2H3/b23-14-. The van der Waals surface area contributed by atoms with Crippen molar-refractivity contribution in [3.8, 4) is 17.6 Å². The summed E-state index contributed by atoms with van der Waals surface area (Å²) in [7, 11) is 0. The highest BCUT2D eigenvalue weighted by Crippen LogP contribution is 2.21. The summed E-state index contributed by atoms with van der Waals surface area (Å²) in [6.07, 6.45) is 1.57. The van der Waals surface area contributed by atoms with Crippen molar-refractivity contribution in [2.24, 2.45) is 5.10 Å². The van der Waals surface area contributed by atoms with Gasteiger partial charge in [-0.2, -0.15) is 10.4 Å². The zero-order valence-electron chi connectivity index (χ0n) is 14.5. The van der Waals surface area contributed by atoms with Crippen LogP contribution >= 0.6 is 0 Å². The highest BCUT2D eigenvalue weighted by atomic mass is 16.5. The molecule has 0 bridgehead atoms. The predicted molar refractivity (Wildman–Crippen MR) is 101 cm³/mol. The SMILES string of the molecule is Cc1cc(C)n(/N=C\c2cccc(Oc3ccccc3)c2)c(=O)c1C#N. The lowest BCUT2D eigenvalue weighted by Gasteiger charge is -2.07. The zero-order chi connectivity index (χ0) is 18.5. The normalized spacial score (nSPS) is 10.7. The summed E-state index contributed by atoms with van der Waals surface area (Å²) in [5.41, 5.74) is 1.79. The number of hydrogen-bond acceptors (Lipinski definition) is 4. The Hall–Kier alpha value is -3.65. The van der Waals surface area contributed by atoms with Crippen LogP contribution in [0.15, 0.2) is 70.6 Å². The Morgan fingerprint density at radius 1 is 1.04 bits per heavy atom. The van der Waals surface area contributed by atoms with Gasteiger partial charge in [-0.25, -0.2) is 4.68 Å². The molecule has 0 spiro atoms. The van der Waals surface area contributed by atoms with Crippen LogP contribution in [0.5, 0.6) is 11.5 Å². The maximum atomic E-state index is 12.4. The van der Waals surface area contributed by atoms with Crippen molar-refractivity contribution in [1.82, 2.24) is 4.68 Å². The van der Waals surface area contributed by atoms with Crippen LogP contribution in [-0.4, -0.2) is 10.9 Å². The van der Waals surface area contributed by atoms with Crippen LogP contribution in [0.25, 0.3) is 0 Å². The van der Waals surface area contributed by atoms with E-state index in [0.717, 1.165) is 11.3 Å². The topological polar surface area (TPSA) is 67.4 Å². The Kier molecular flexibility index (Phi) is 4.95. The maximum Gasteiger partial charge on any atom is 0.289 e. The van der Waals surface area contributed by atoms with Gasteiger partial charge in [0.1, 0.15) is 23.1 Å². The van der Waals surface area contributed by atoms with Crippen LogP contribution in [-0.2, 0) is 0 Å². The molecular weight excluding hydrogens is 326 g/mol. The van der Waals surface area contributed by atoms with Crippen molar-refractivity contribution < 1.29 is 4.74 Å². The molecule has 0 radical (unpaired) electrons. The Bertz CT molecular complexity index is 1060. The molecule has 0 aliphatic heterocycles. The zero-order valence-corrected chi connectivity index (χ0v) is 14.5. The lowest BCUT2D eigenvalue weighted by atomic mass is 10.1. The first-order chi connectivity index (χ1) is 12.6. The minimum Gasteiger partial charge on any atom is -0.457 e. The number of aryl methyl sites for hydroxylation is 2. The van der Waals surface area contributed by atoms with Crippen molar-refractivity contribution in [3.05, 3.63) is 93.4 Å². The number of nitrogens with zero attached hydrogens (tertiary/aromatic N) is 3. The van der Waals surface area contributed by atoms with Crippen molar-refractivity contribution in [1.29, 1.82) is 5.26 Å². The van der Waals surface area contributed by atoms with Gasteiger partial charge in [0, 0.05) is 5.69 Å². The molecule has 0 fully saturated rings. The smallest absolute Gasteiger partial charge is 0.289 e. The van der Waals surface area contributed by atoms with Crippen LogP contribution in [0.4, 0.5) is 0 Å². The maximum absolute atomic E-state index is 12.4. The summed E-state index contributed by atoms with van der Waals surface area (Å²) in [5, 5.41) is 13.4. The molecule has 3 rings (SSSR count). The molecule has 5 nitrogen and oxygen atoms in total. The van der Waals surface area contributed by atoms with E-state index in [1.165, 1.54) is 4.68 Å². The molecule has 128 valence electrons. The van der Waals surface area contributed by atoms with Crippen LogP contribution in [0, 0.1) is 25.2 Å². The van der Waals surface area contributed by atoms with Gasteiger partial charge in [0.25, 0.3) is 5.56 Å². The molecule has 0 saturated carbocycles. The second-order valence-electron chi connectivity index (χ2n) is 5.80. The van der Waals surface area contributed by atoms with Gasteiger partial charge in [0.15, 0.2) is 0 Å². The van der Waals surface area contributed by atoms with E-state index in [2.05, 4.69) is 5.10 Å². The molecule has 0 aliphatic carbocycles. The molecule has 3 aromatic rings. The molecule has 1 heterocycles. The van der Waals surface area contributed by atoms with E-state index in [4.69, 9.17) is 10.00 Å². The van der Waals surface area contributed by atoms with Gasteiger partial charge in [0.05, 0.1) is 6.21 Å². The number of aromatic nitrogens is 1. The van der Waals surface area contributed by atoms with E-state index in [0.29, 0.717) is 17.0 Å². The van der Waals surface area contributed by atoms with E-state index in [1.54, 1.807) is 26.1 Å². The lowest BCUT2D eigenvalue weighted by Crippen LogP contribution is -2.22. The van der Waals surface area contributed by atoms with Crippen molar-refractivity contribution in [2.45, 2.75) is 13.8 Å². The molecule has 1 aromatic heterocycles. The van der Waals surface area contributed by atoms with E-state index in [1.807, 2.05) is 60.7 Å². The Morgan fingerprint density at radius 2 is 1.77 bits per heavy atom. The fraction of sp³-hybridized carbons (Fsp3) is 0.0952. The van der Waals surface area contributed by atoms with E-state index >= 15 is 0 Å². The number of ether oxygens (including phenoxy) is 1. The third-order valence-corrected chi connectivity index (χ3v) is 3.83. The second-order valence-corrected chi connectivity index (χ2v) is 5.80. The lowest BCUT2D eigenvalue weighted by molar-refractivity contribution is 0.482. The Morgan fingerprint density at radius 3 is 2.50 bits per heavy atom. The van der Waals surface area contributed by atoms with Crippen LogP contribution in [0.3, 0.4) is 0 Å². The molecule has 0 unspecified atom stereocenters. The van der Waals surface area contributed by atoms with Crippen molar-refractivity contribution in [2.75, 3.05) is 0 Å². The number of pyridine rings is 1. The van der Waals surface area contributed by atoms with Crippen molar-refractivity contribution >= 4 is 6.21 Å². The highest BCUT2D eigenvalue weighted by Gasteiger charge is 2.09. The fourth-order valence-corrected chi connectivity index (χ4v) is 2.57. The number of benzene rings is 2. The van der Waals surface area contributed by atoms with Gasteiger partial charge in [-0.1, -0.05) is 30.3 Å². The van der Waals surface area contributed by atoms with Gasteiger partial charge in [-0.15, -0.1) is 0 Å². The van der Waals surface area contributed by atoms with E-state index in [9.17, 15) is 4.79 Å². The highest BCUT2D eigenvalue weighted by molar-refractivity contribution is 5.80. The van der Waals surface area contributed by atoms with Gasteiger partial charge in [-0.05, 0) is 55.3 Å². The predicted octanol–water partition coefficient (Wildman–Crippen LogP) is 4.01. The largest absolute Gasteiger partial charge is 0.457 e. The summed E-state index contributed by atoms with van der Waals surface area (Å²) >= 11 is 0. The molecular formula is C21H17N3O2. The van der Waals surface area contributed by atoms with Gasteiger partial charge >= 0.3 is 0 Å². The Balaban J connectivity index is 1.89.